The second-order valence-corrected chi connectivity index (χ2v) is 4.93. The normalized spacial score (nSPS) is 17.9. The second-order valence-electron chi connectivity index (χ2n) is 4.93. The van der Waals surface area contributed by atoms with Crippen molar-refractivity contribution in [3.63, 3.8) is 0 Å². The molecule has 0 saturated carbocycles. The van der Waals surface area contributed by atoms with Gasteiger partial charge in [0.05, 0.1) is 5.69 Å². The Kier molecular flexibility index (Phi) is 6.11. The lowest BCUT2D eigenvalue weighted by Gasteiger charge is -2.34. The number of benzene rings is 1. The number of nitrogens with zero attached hydrogens (tertiary/aromatic N) is 1. The number of halogens is 2. The fourth-order valence-corrected chi connectivity index (χ4v) is 2.25. The Balaban J connectivity index is 0.00000220. The molecule has 2 N–H and O–H groups in total. The van der Waals surface area contributed by atoms with Crippen LogP contribution in [0.2, 0.25) is 0 Å². The summed E-state index contributed by atoms with van der Waals surface area (Å²) in [5.41, 5.74) is 0.412. The van der Waals surface area contributed by atoms with Crippen LogP contribution in [-0.2, 0) is 4.79 Å². The van der Waals surface area contributed by atoms with Crippen molar-refractivity contribution in [2.75, 3.05) is 25.0 Å². The molecule has 2 amide bonds. The standard InChI is InChI=1S/C14H18FN3O2.ClH/c1-9-8-16-5-6-18(9)14(20)11-3-4-12(15)13(7-11)17-10(2)19;/h3-4,7,9,16H,5-6,8H2,1-2H3,(H,17,19);1H. The molecule has 0 radical (unpaired) electrons. The molecule has 0 bridgehead atoms. The molecule has 1 saturated heterocycles. The van der Waals surface area contributed by atoms with Crippen LogP contribution in [-0.4, -0.2) is 42.4 Å². The van der Waals surface area contributed by atoms with Crippen molar-refractivity contribution in [3.8, 4) is 0 Å². The molecule has 1 atom stereocenters. The van der Waals surface area contributed by atoms with Gasteiger partial charge in [0, 0.05) is 38.2 Å². The van der Waals surface area contributed by atoms with Gasteiger partial charge in [0.1, 0.15) is 5.82 Å². The molecule has 1 heterocycles. The summed E-state index contributed by atoms with van der Waals surface area (Å²) in [4.78, 5) is 25.2. The fourth-order valence-electron chi connectivity index (χ4n) is 2.25. The molecule has 5 nitrogen and oxygen atoms in total. The number of piperazine rings is 1. The first-order chi connectivity index (χ1) is 9.49. The highest BCUT2D eigenvalue weighted by molar-refractivity contribution is 5.97. The minimum absolute atomic E-state index is 0. The van der Waals surface area contributed by atoms with E-state index in [9.17, 15) is 14.0 Å². The van der Waals surface area contributed by atoms with E-state index in [1.54, 1.807) is 4.90 Å². The summed E-state index contributed by atoms with van der Waals surface area (Å²) in [5.74, 6) is -1.07. The highest BCUT2D eigenvalue weighted by atomic mass is 35.5. The average Bonchev–Trinajstić information content (AvgIpc) is 2.40. The number of hydrogen-bond acceptors (Lipinski definition) is 3. The summed E-state index contributed by atoms with van der Waals surface area (Å²) < 4.78 is 13.6. The number of carbonyl (C=O) groups is 2. The van der Waals surface area contributed by atoms with Crippen LogP contribution < -0.4 is 10.6 Å². The van der Waals surface area contributed by atoms with Gasteiger partial charge in [-0.3, -0.25) is 9.59 Å². The van der Waals surface area contributed by atoms with E-state index in [4.69, 9.17) is 0 Å². The van der Waals surface area contributed by atoms with Crippen molar-refractivity contribution in [2.45, 2.75) is 19.9 Å². The van der Waals surface area contributed by atoms with Crippen LogP contribution in [0.15, 0.2) is 18.2 Å². The Labute approximate surface area is 129 Å². The minimum atomic E-state index is -0.551. The second kappa shape index (κ2) is 7.38. The molecule has 116 valence electrons. The van der Waals surface area contributed by atoms with E-state index < -0.39 is 5.82 Å². The van der Waals surface area contributed by atoms with E-state index in [-0.39, 0.29) is 36.0 Å². The maximum absolute atomic E-state index is 13.6. The number of carbonyl (C=O) groups excluding carboxylic acids is 2. The van der Waals surface area contributed by atoms with E-state index in [0.29, 0.717) is 12.1 Å². The predicted octanol–water partition coefficient (Wildman–Crippen LogP) is 1.64. The van der Waals surface area contributed by atoms with Crippen molar-refractivity contribution in [3.05, 3.63) is 29.6 Å². The first-order valence-corrected chi connectivity index (χ1v) is 6.58. The van der Waals surface area contributed by atoms with Crippen molar-refractivity contribution in [1.82, 2.24) is 10.2 Å². The van der Waals surface area contributed by atoms with Gasteiger partial charge < -0.3 is 15.5 Å². The smallest absolute Gasteiger partial charge is 0.254 e. The molecule has 1 fully saturated rings. The molecule has 1 aromatic rings. The summed E-state index contributed by atoms with van der Waals surface area (Å²) in [5, 5.41) is 5.59. The van der Waals surface area contributed by atoms with E-state index in [2.05, 4.69) is 10.6 Å². The van der Waals surface area contributed by atoms with Gasteiger partial charge in [-0.05, 0) is 25.1 Å². The minimum Gasteiger partial charge on any atom is -0.333 e. The lowest BCUT2D eigenvalue weighted by atomic mass is 10.1. The third kappa shape index (κ3) is 4.15. The van der Waals surface area contributed by atoms with Gasteiger partial charge in [0.25, 0.3) is 5.91 Å². The van der Waals surface area contributed by atoms with Crippen LogP contribution in [0.4, 0.5) is 10.1 Å². The fraction of sp³-hybridized carbons (Fsp3) is 0.429. The van der Waals surface area contributed by atoms with E-state index >= 15 is 0 Å². The highest BCUT2D eigenvalue weighted by Crippen LogP contribution is 2.18. The summed E-state index contributed by atoms with van der Waals surface area (Å²) in [6, 6.07) is 4.11. The van der Waals surface area contributed by atoms with Crippen LogP contribution in [0.25, 0.3) is 0 Å². The van der Waals surface area contributed by atoms with E-state index in [1.807, 2.05) is 6.92 Å². The van der Waals surface area contributed by atoms with Gasteiger partial charge in [-0.15, -0.1) is 12.4 Å². The van der Waals surface area contributed by atoms with Crippen molar-refractivity contribution in [1.29, 1.82) is 0 Å². The Hall–Kier alpha value is -1.66. The van der Waals surface area contributed by atoms with Crippen LogP contribution >= 0.6 is 12.4 Å². The highest BCUT2D eigenvalue weighted by Gasteiger charge is 2.24. The molecule has 2 rings (SSSR count). The van der Waals surface area contributed by atoms with Crippen LogP contribution in [0.5, 0.6) is 0 Å². The molecule has 1 unspecified atom stereocenters. The van der Waals surface area contributed by atoms with Crippen LogP contribution in [0.3, 0.4) is 0 Å². The maximum Gasteiger partial charge on any atom is 0.254 e. The summed E-state index contributed by atoms with van der Waals surface area (Å²) in [7, 11) is 0. The number of anilines is 1. The molecule has 1 aliphatic rings. The third-order valence-corrected chi connectivity index (χ3v) is 3.29. The molecular formula is C14H19ClFN3O2. The molecule has 0 aliphatic carbocycles. The molecular weight excluding hydrogens is 297 g/mol. The van der Waals surface area contributed by atoms with E-state index in [0.717, 1.165) is 13.1 Å². The first kappa shape index (κ1) is 17.4. The number of hydrogen-bond donors (Lipinski definition) is 2. The van der Waals surface area contributed by atoms with E-state index in [1.165, 1.54) is 25.1 Å². The van der Waals surface area contributed by atoms with Gasteiger partial charge in [-0.1, -0.05) is 0 Å². The topological polar surface area (TPSA) is 61.4 Å². The lowest BCUT2D eigenvalue weighted by Crippen LogP contribution is -2.52. The predicted molar refractivity (Wildman–Crippen MR) is 81.3 cm³/mol. The molecule has 1 aromatic carbocycles. The first-order valence-electron chi connectivity index (χ1n) is 6.58. The van der Waals surface area contributed by atoms with Crippen molar-refractivity contribution in [2.24, 2.45) is 0 Å². The zero-order chi connectivity index (χ0) is 14.7. The van der Waals surface area contributed by atoms with Gasteiger partial charge >= 0.3 is 0 Å². The van der Waals surface area contributed by atoms with Crippen molar-refractivity contribution < 1.29 is 14.0 Å². The number of amides is 2. The van der Waals surface area contributed by atoms with Gasteiger partial charge in [0.2, 0.25) is 5.91 Å². The monoisotopic (exact) mass is 315 g/mol. The molecule has 1 aliphatic heterocycles. The van der Waals surface area contributed by atoms with Crippen LogP contribution in [0, 0.1) is 5.82 Å². The summed E-state index contributed by atoms with van der Waals surface area (Å²) >= 11 is 0. The van der Waals surface area contributed by atoms with Crippen molar-refractivity contribution >= 4 is 29.9 Å². The number of rotatable bonds is 2. The Morgan fingerprint density at radius 1 is 1.43 bits per heavy atom. The third-order valence-electron chi connectivity index (χ3n) is 3.29. The molecule has 0 spiro atoms. The molecule has 7 heteroatoms. The Bertz CT molecular complexity index is 539. The summed E-state index contributed by atoms with van der Waals surface area (Å²) in [6.07, 6.45) is 0. The van der Waals surface area contributed by atoms with Gasteiger partial charge in [-0.2, -0.15) is 0 Å². The van der Waals surface area contributed by atoms with Gasteiger partial charge in [-0.25, -0.2) is 4.39 Å². The summed E-state index contributed by atoms with van der Waals surface area (Å²) in [6.45, 7) is 5.36. The largest absolute Gasteiger partial charge is 0.333 e. The Morgan fingerprint density at radius 3 is 2.76 bits per heavy atom. The average molecular weight is 316 g/mol. The SMILES string of the molecule is CC(=O)Nc1cc(C(=O)N2CCNCC2C)ccc1F.Cl. The zero-order valence-electron chi connectivity index (χ0n) is 12.0. The molecule has 0 aromatic heterocycles. The lowest BCUT2D eigenvalue weighted by molar-refractivity contribution is -0.114. The quantitative estimate of drug-likeness (QED) is 0.872. The maximum atomic E-state index is 13.6. The van der Waals surface area contributed by atoms with Gasteiger partial charge in [0.15, 0.2) is 0 Å². The van der Waals surface area contributed by atoms with Crippen LogP contribution in [0.1, 0.15) is 24.2 Å². The Morgan fingerprint density at radius 2 is 2.14 bits per heavy atom. The molecule has 21 heavy (non-hydrogen) atoms. The zero-order valence-corrected chi connectivity index (χ0v) is 12.8. The number of nitrogens with one attached hydrogen (secondary N) is 2.